The van der Waals surface area contributed by atoms with Crippen LogP contribution in [0.2, 0.25) is 0 Å². The van der Waals surface area contributed by atoms with Crippen LogP contribution in [0.25, 0.3) is 0 Å². The molecular formula is C28H36N2O3. The molecule has 0 radical (unpaired) electrons. The zero-order valence-corrected chi connectivity index (χ0v) is 19.7. The fraction of sp³-hybridized carbons (Fsp3) is 0.643. The Hall–Kier alpha value is -2.14. The molecule has 5 atom stereocenters. The standard InChI is InChI=1S/C28H36N2O3/c1-18-11-13-20(14-12-18)23-22-15-16-28(33-22)24(23)27(32)30(17-19-7-3-2-4-8-19)25(28)26(31)29-21-9-5-6-10-21/h11-16,19,21-25H,2-10,17H2,1H3,(H,29,31). The molecular weight excluding hydrogens is 412 g/mol. The maximum absolute atomic E-state index is 14.1. The lowest BCUT2D eigenvalue weighted by Crippen LogP contribution is -2.56. The van der Waals surface area contributed by atoms with Crippen molar-refractivity contribution in [2.45, 2.75) is 94.4 Å². The SMILES string of the molecule is Cc1ccc(C2C3C=CC4(O3)C2C(=O)N(CC2CCCCC2)C4C(=O)NC2CCCC2)cc1. The quantitative estimate of drug-likeness (QED) is 0.685. The van der Waals surface area contributed by atoms with Gasteiger partial charge in [-0.1, -0.05) is 74.1 Å². The molecule has 1 aromatic carbocycles. The largest absolute Gasteiger partial charge is 0.359 e. The number of nitrogens with zero attached hydrogens (tertiary/aromatic N) is 1. The van der Waals surface area contributed by atoms with Crippen molar-refractivity contribution >= 4 is 11.8 Å². The maximum Gasteiger partial charge on any atom is 0.246 e. The molecule has 1 aromatic rings. The fourth-order valence-corrected chi connectivity index (χ4v) is 7.33. The van der Waals surface area contributed by atoms with Gasteiger partial charge in [0.05, 0.1) is 12.0 Å². The summed E-state index contributed by atoms with van der Waals surface area (Å²) in [6.07, 6.45) is 14.5. The average molecular weight is 449 g/mol. The van der Waals surface area contributed by atoms with Gasteiger partial charge in [0.1, 0.15) is 11.6 Å². The lowest BCUT2D eigenvalue weighted by atomic mass is 9.72. The molecule has 2 amide bonds. The molecule has 2 aliphatic carbocycles. The van der Waals surface area contributed by atoms with Crippen molar-refractivity contribution in [3.05, 3.63) is 47.5 Å². The Morgan fingerprint density at radius 1 is 1.06 bits per heavy atom. The van der Waals surface area contributed by atoms with Crippen LogP contribution < -0.4 is 5.32 Å². The molecule has 33 heavy (non-hydrogen) atoms. The van der Waals surface area contributed by atoms with E-state index in [1.807, 2.05) is 4.90 Å². The van der Waals surface area contributed by atoms with E-state index < -0.39 is 11.6 Å². The average Bonchev–Trinajstić information content (AvgIpc) is 3.58. The predicted octanol–water partition coefficient (Wildman–Crippen LogP) is 4.25. The summed E-state index contributed by atoms with van der Waals surface area (Å²) in [5, 5.41) is 3.31. The van der Waals surface area contributed by atoms with Crippen LogP contribution in [-0.2, 0) is 14.3 Å². The van der Waals surface area contributed by atoms with E-state index in [0.717, 1.165) is 31.2 Å². The van der Waals surface area contributed by atoms with Crippen LogP contribution in [0.15, 0.2) is 36.4 Å². The topological polar surface area (TPSA) is 58.6 Å². The second kappa shape index (κ2) is 8.26. The molecule has 2 saturated heterocycles. The number of ether oxygens (including phenoxy) is 1. The summed E-state index contributed by atoms with van der Waals surface area (Å²) < 4.78 is 6.63. The molecule has 3 heterocycles. The number of benzene rings is 1. The summed E-state index contributed by atoms with van der Waals surface area (Å²) in [4.78, 5) is 29.8. The van der Waals surface area contributed by atoms with Crippen LogP contribution >= 0.6 is 0 Å². The molecule has 5 nitrogen and oxygen atoms in total. The Labute approximate surface area is 196 Å². The molecule has 6 rings (SSSR count). The van der Waals surface area contributed by atoms with Crippen LogP contribution in [0.5, 0.6) is 0 Å². The Morgan fingerprint density at radius 3 is 2.48 bits per heavy atom. The first kappa shape index (κ1) is 21.4. The highest BCUT2D eigenvalue weighted by Crippen LogP contribution is 2.58. The Morgan fingerprint density at radius 2 is 1.76 bits per heavy atom. The zero-order chi connectivity index (χ0) is 22.6. The van der Waals surface area contributed by atoms with Gasteiger partial charge in [-0.2, -0.15) is 0 Å². The summed E-state index contributed by atoms with van der Waals surface area (Å²) in [5.74, 6) is 0.242. The van der Waals surface area contributed by atoms with Gasteiger partial charge in [0.15, 0.2) is 0 Å². The molecule has 5 heteroatoms. The monoisotopic (exact) mass is 448 g/mol. The third-order valence-corrected chi connectivity index (χ3v) is 8.97. The van der Waals surface area contributed by atoms with Gasteiger partial charge in [-0.15, -0.1) is 0 Å². The number of carbonyl (C=O) groups excluding carboxylic acids is 2. The number of aryl methyl sites for hydroxylation is 1. The molecule has 3 aliphatic heterocycles. The van der Waals surface area contributed by atoms with Crippen molar-refractivity contribution in [3.8, 4) is 0 Å². The Bertz CT molecular complexity index is 944. The number of hydrogen-bond donors (Lipinski definition) is 1. The van der Waals surface area contributed by atoms with E-state index in [0.29, 0.717) is 12.5 Å². The lowest BCUT2D eigenvalue weighted by molar-refractivity contribution is -0.140. The molecule has 5 unspecified atom stereocenters. The molecule has 1 spiro atoms. The van der Waals surface area contributed by atoms with Crippen molar-refractivity contribution in [2.24, 2.45) is 11.8 Å². The van der Waals surface area contributed by atoms with Gasteiger partial charge >= 0.3 is 0 Å². The number of likely N-dealkylation sites (tertiary alicyclic amines) is 1. The van der Waals surface area contributed by atoms with E-state index in [1.165, 1.54) is 37.7 Å². The molecule has 176 valence electrons. The number of amides is 2. The van der Waals surface area contributed by atoms with Gasteiger partial charge < -0.3 is 15.0 Å². The van der Waals surface area contributed by atoms with Gasteiger partial charge in [0.25, 0.3) is 0 Å². The minimum atomic E-state index is -0.839. The molecule has 5 aliphatic rings. The smallest absolute Gasteiger partial charge is 0.246 e. The Kier molecular flexibility index (Phi) is 5.36. The summed E-state index contributed by atoms with van der Waals surface area (Å²) in [6, 6.07) is 8.17. The first-order chi connectivity index (χ1) is 16.1. The molecule has 2 bridgehead atoms. The second-order valence-electron chi connectivity index (χ2n) is 11.1. The van der Waals surface area contributed by atoms with E-state index in [4.69, 9.17) is 4.74 Å². The summed E-state index contributed by atoms with van der Waals surface area (Å²) in [5.41, 5.74) is 1.51. The van der Waals surface area contributed by atoms with Gasteiger partial charge in [0, 0.05) is 18.5 Å². The van der Waals surface area contributed by atoms with Crippen LogP contribution in [0.1, 0.15) is 74.8 Å². The van der Waals surface area contributed by atoms with Crippen molar-refractivity contribution < 1.29 is 14.3 Å². The highest BCUT2D eigenvalue weighted by molar-refractivity contribution is 5.97. The Balaban J connectivity index is 1.35. The number of hydrogen-bond acceptors (Lipinski definition) is 3. The van der Waals surface area contributed by atoms with Crippen molar-refractivity contribution in [1.29, 1.82) is 0 Å². The summed E-state index contributed by atoms with van der Waals surface area (Å²) in [6.45, 7) is 2.76. The number of carbonyl (C=O) groups is 2. The number of rotatable bonds is 5. The van der Waals surface area contributed by atoms with Gasteiger partial charge in [-0.25, -0.2) is 0 Å². The van der Waals surface area contributed by atoms with E-state index >= 15 is 0 Å². The second-order valence-corrected chi connectivity index (χ2v) is 11.1. The van der Waals surface area contributed by atoms with Gasteiger partial charge in [-0.05, 0) is 44.1 Å². The van der Waals surface area contributed by atoms with E-state index in [2.05, 4.69) is 48.7 Å². The van der Waals surface area contributed by atoms with Crippen LogP contribution in [0.4, 0.5) is 0 Å². The summed E-state index contributed by atoms with van der Waals surface area (Å²) >= 11 is 0. The highest BCUT2D eigenvalue weighted by Gasteiger charge is 2.71. The van der Waals surface area contributed by atoms with Gasteiger partial charge in [-0.3, -0.25) is 9.59 Å². The third kappa shape index (κ3) is 3.46. The number of nitrogens with one attached hydrogen (secondary N) is 1. The molecule has 2 saturated carbocycles. The van der Waals surface area contributed by atoms with E-state index in [-0.39, 0.29) is 35.8 Å². The normalized spacial score (nSPS) is 36.0. The van der Waals surface area contributed by atoms with Crippen molar-refractivity contribution in [3.63, 3.8) is 0 Å². The zero-order valence-electron chi connectivity index (χ0n) is 19.7. The first-order valence-electron chi connectivity index (χ1n) is 13.1. The molecule has 0 aromatic heterocycles. The number of fused-ring (bicyclic) bond motifs is 1. The van der Waals surface area contributed by atoms with Crippen molar-refractivity contribution in [1.82, 2.24) is 10.2 Å². The third-order valence-electron chi connectivity index (χ3n) is 8.97. The van der Waals surface area contributed by atoms with Crippen LogP contribution in [0, 0.1) is 18.8 Å². The van der Waals surface area contributed by atoms with Crippen molar-refractivity contribution in [2.75, 3.05) is 6.54 Å². The van der Waals surface area contributed by atoms with Gasteiger partial charge in [0.2, 0.25) is 11.8 Å². The minimum Gasteiger partial charge on any atom is -0.359 e. The van der Waals surface area contributed by atoms with Crippen LogP contribution in [0.3, 0.4) is 0 Å². The first-order valence-corrected chi connectivity index (χ1v) is 13.1. The van der Waals surface area contributed by atoms with Crippen LogP contribution in [-0.4, -0.2) is 47.0 Å². The molecule has 4 fully saturated rings. The fourth-order valence-electron chi connectivity index (χ4n) is 7.33. The molecule has 1 N–H and O–H groups in total. The minimum absolute atomic E-state index is 0.0107. The predicted molar refractivity (Wildman–Crippen MR) is 127 cm³/mol. The highest BCUT2D eigenvalue weighted by atomic mass is 16.5. The summed E-state index contributed by atoms with van der Waals surface area (Å²) in [7, 11) is 0. The van der Waals surface area contributed by atoms with E-state index in [1.54, 1.807) is 0 Å². The lowest BCUT2D eigenvalue weighted by Gasteiger charge is -2.35. The van der Waals surface area contributed by atoms with E-state index in [9.17, 15) is 9.59 Å². The maximum atomic E-state index is 14.1.